The standard InChI is InChI=1S/C7H12O4.C5H9NO/c1-7(2,6(10)11)4-3-5(8)9;1-6-4-2-3-5(6)7/h3-4H2,1-2H3,(H,8,9)(H,10,11);2-4H2,1H3. The van der Waals surface area contributed by atoms with E-state index >= 15 is 0 Å². The van der Waals surface area contributed by atoms with E-state index in [1.54, 1.807) is 4.90 Å². The Labute approximate surface area is 107 Å². The van der Waals surface area contributed by atoms with E-state index in [1.807, 2.05) is 7.05 Å². The molecule has 0 aromatic rings. The van der Waals surface area contributed by atoms with Gasteiger partial charge in [0.05, 0.1) is 5.41 Å². The molecule has 1 saturated heterocycles. The Hall–Kier alpha value is -1.59. The molecule has 1 rings (SSSR count). The van der Waals surface area contributed by atoms with E-state index in [0.29, 0.717) is 5.91 Å². The van der Waals surface area contributed by atoms with E-state index in [1.165, 1.54) is 13.8 Å². The average Bonchev–Trinajstić information content (AvgIpc) is 2.61. The molecule has 1 heterocycles. The van der Waals surface area contributed by atoms with Crippen molar-refractivity contribution in [3.05, 3.63) is 0 Å². The summed E-state index contributed by atoms with van der Waals surface area (Å²) in [5.41, 5.74) is -0.932. The Bertz CT molecular complexity index is 324. The van der Waals surface area contributed by atoms with Gasteiger partial charge in [0, 0.05) is 26.4 Å². The Balaban J connectivity index is 0.000000351. The molecular weight excluding hydrogens is 238 g/mol. The normalized spacial score (nSPS) is 15.1. The number of carbonyl (C=O) groups is 3. The smallest absolute Gasteiger partial charge is 0.309 e. The summed E-state index contributed by atoms with van der Waals surface area (Å²) >= 11 is 0. The molecule has 0 aromatic carbocycles. The zero-order valence-electron chi connectivity index (χ0n) is 11.1. The molecule has 0 saturated carbocycles. The highest BCUT2D eigenvalue weighted by atomic mass is 16.4. The second-order valence-electron chi connectivity index (χ2n) is 5.00. The summed E-state index contributed by atoms with van der Waals surface area (Å²) in [6.45, 7) is 3.98. The van der Waals surface area contributed by atoms with Gasteiger partial charge >= 0.3 is 11.9 Å². The minimum Gasteiger partial charge on any atom is -0.481 e. The fourth-order valence-corrected chi connectivity index (χ4v) is 1.31. The molecule has 1 amide bonds. The topological polar surface area (TPSA) is 94.9 Å². The molecule has 0 aromatic heterocycles. The third-order valence-corrected chi connectivity index (χ3v) is 2.85. The van der Waals surface area contributed by atoms with Crippen molar-refractivity contribution in [1.29, 1.82) is 0 Å². The van der Waals surface area contributed by atoms with Crippen molar-refractivity contribution in [2.75, 3.05) is 13.6 Å². The van der Waals surface area contributed by atoms with Crippen LogP contribution in [0.25, 0.3) is 0 Å². The predicted octanol–water partition coefficient (Wildman–Crippen LogP) is 1.20. The average molecular weight is 259 g/mol. The van der Waals surface area contributed by atoms with Crippen molar-refractivity contribution in [3.8, 4) is 0 Å². The third kappa shape index (κ3) is 6.22. The van der Waals surface area contributed by atoms with E-state index in [2.05, 4.69) is 0 Å². The number of aliphatic carboxylic acids is 2. The largest absolute Gasteiger partial charge is 0.481 e. The zero-order chi connectivity index (χ0) is 14.3. The SMILES string of the molecule is CC(C)(CCC(=O)O)C(=O)O.CN1CCCC1=O. The zero-order valence-corrected chi connectivity index (χ0v) is 11.1. The van der Waals surface area contributed by atoms with Crippen LogP contribution in [0.4, 0.5) is 0 Å². The van der Waals surface area contributed by atoms with Crippen molar-refractivity contribution in [1.82, 2.24) is 4.90 Å². The van der Waals surface area contributed by atoms with Gasteiger partial charge in [-0.05, 0) is 26.7 Å². The number of hydrogen-bond donors (Lipinski definition) is 2. The minimum atomic E-state index is -0.959. The second-order valence-corrected chi connectivity index (χ2v) is 5.00. The molecule has 1 fully saturated rings. The van der Waals surface area contributed by atoms with Crippen molar-refractivity contribution >= 4 is 17.8 Å². The molecule has 1 aliphatic heterocycles. The maximum atomic E-state index is 10.5. The van der Waals surface area contributed by atoms with Crippen molar-refractivity contribution < 1.29 is 24.6 Å². The third-order valence-electron chi connectivity index (χ3n) is 2.85. The molecule has 0 radical (unpaired) electrons. The summed E-state index contributed by atoms with van der Waals surface area (Å²) in [7, 11) is 1.84. The van der Waals surface area contributed by atoms with Crippen LogP contribution in [0, 0.1) is 5.41 Å². The first-order valence-electron chi connectivity index (χ1n) is 5.86. The number of carboxylic acids is 2. The second kappa shape index (κ2) is 6.98. The number of likely N-dealkylation sites (tertiary alicyclic amines) is 1. The lowest BCUT2D eigenvalue weighted by Crippen LogP contribution is -2.24. The highest BCUT2D eigenvalue weighted by Gasteiger charge is 2.27. The Kier molecular flexibility index (Phi) is 6.36. The van der Waals surface area contributed by atoms with Gasteiger partial charge in [-0.1, -0.05) is 0 Å². The van der Waals surface area contributed by atoms with Crippen LogP contribution in [-0.4, -0.2) is 46.6 Å². The fourth-order valence-electron chi connectivity index (χ4n) is 1.31. The van der Waals surface area contributed by atoms with Gasteiger partial charge in [-0.2, -0.15) is 0 Å². The first-order chi connectivity index (χ1) is 8.16. The van der Waals surface area contributed by atoms with Gasteiger partial charge in [-0.15, -0.1) is 0 Å². The molecule has 0 atom stereocenters. The lowest BCUT2D eigenvalue weighted by molar-refractivity contribution is -0.148. The maximum Gasteiger partial charge on any atom is 0.309 e. The van der Waals surface area contributed by atoms with E-state index in [0.717, 1.165) is 19.4 Å². The molecule has 0 aliphatic carbocycles. The summed E-state index contributed by atoms with van der Waals surface area (Å²) in [4.78, 5) is 32.8. The number of rotatable bonds is 4. The molecule has 0 unspecified atom stereocenters. The molecule has 104 valence electrons. The van der Waals surface area contributed by atoms with Crippen LogP contribution in [0.2, 0.25) is 0 Å². The first kappa shape index (κ1) is 16.4. The van der Waals surface area contributed by atoms with E-state index in [9.17, 15) is 14.4 Å². The van der Waals surface area contributed by atoms with Gasteiger partial charge in [0.1, 0.15) is 0 Å². The summed E-state index contributed by atoms with van der Waals surface area (Å²) in [6.07, 6.45) is 1.88. The summed E-state index contributed by atoms with van der Waals surface area (Å²) in [5, 5.41) is 16.8. The van der Waals surface area contributed by atoms with Gasteiger partial charge in [0.15, 0.2) is 0 Å². The lowest BCUT2D eigenvalue weighted by atomic mass is 9.88. The number of amides is 1. The van der Waals surface area contributed by atoms with Crippen LogP contribution >= 0.6 is 0 Å². The van der Waals surface area contributed by atoms with Gasteiger partial charge < -0.3 is 15.1 Å². The van der Waals surface area contributed by atoms with E-state index in [4.69, 9.17) is 10.2 Å². The van der Waals surface area contributed by atoms with Crippen molar-refractivity contribution in [2.45, 2.75) is 39.5 Å². The van der Waals surface area contributed by atoms with Crippen LogP contribution in [0.3, 0.4) is 0 Å². The lowest BCUT2D eigenvalue weighted by Gasteiger charge is -2.16. The van der Waals surface area contributed by atoms with Gasteiger partial charge in [0.25, 0.3) is 0 Å². The number of carbonyl (C=O) groups excluding carboxylic acids is 1. The van der Waals surface area contributed by atoms with Crippen LogP contribution in [0.15, 0.2) is 0 Å². The van der Waals surface area contributed by atoms with Crippen LogP contribution in [0.5, 0.6) is 0 Å². The molecule has 0 bridgehead atoms. The molecule has 6 nitrogen and oxygen atoms in total. The Morgan fingerprint density at radius 2 is 1.89 bits per heavy atom. The summed E-state index contributed by atoms with van der Waals surface area (Å²) < 4.78 is 0. The predicted molar refractivity (Wildman–Crippen MR) is 65.2 cm³/mol. The summed E-state index contributed by atoms with van der Waals surface area (Å²) in [6, 6.07) is 0. The molecule has 1 aliphatic rings. The summed E-state index contributed by atoms with van der Waals surface area (Å²) in [5.74, 6) is -1.63. The van der Waals surface area contributed by atoms with Crippen molar-refractivity contribution in [2.24, 2.45) is 5.41 Å². The molecular formula is C12H21NO5. The minimum absolute atomic E-state index is 0.0979. The molecule has 6 heteroatoms. The number of nitrogens with zero attached hydrogens (tertiary/aromatic N) is 1. The van der Waals surface area contributed by atoms with Crippen LogP contribution in [0.1, 0.15) is 39.5 Å². The number of hydrogen-bond acceptors (Lipinski definition) is 3. The quantitative estimate of drug-likeness (QED) is 0.791. The van der Waals surface area contributed by atoms with Gasteiger partial charge in [0.2, 0.25) is 5.91 Å². The van der Waals surface area contributed by atoms with E-state index < -0.39 is 17.4 Å². The van der Waals surface area contributed by atoms with Crippen molar-refractivity contribution in [3.63, 3.8) is 0 Å². The molecule has 0 spiro atoms. The van der Waals surface area contributed by atoms with Gasteiger partial charge in [-0.3, -0.25) is 14.4 Å². The Morgan fingerprint density at radius 1 is 1.33 bits per heavy atom. The molecule has 2 N–H and O–H groups in total. The maximum absolute atomic E-state index is 10.5. The fraction of sp³-hybridized carbons (Fsp3) is 0.750. The molecule has 18 heavy (non-hydrogen) atoms. The van der Waals surface area contributed by atoms with Crippen LogP contribution in [-0.2, 0) is 14.4 Å². The van der Waals surface area contributed by atoms with Gasteiger partial charge in [-0.25, -0.2) is 0 Å². The monoisotopic (exact) mass is 259 g/mol. The highest BCUT2D eigenvalue weighted by Crippen LogP contribution is 2.21. The van der Waals surface area contributed by atoms with E-state index in [-0.39, 0.29) is 12.8 Å². The highest BCUT2D eigenvalue weighted by molar-refractivity contribution is 5.77. The number of carboxylic acid groups (broad SMARTS) is 2. The Morgan fingerprint density at radius 3 is 2.11 bits per heavy atom. The first-order valence-corrected chi connectivity index (χ1v) is 5.86. The van der Waals surface area contributed by atoms with Crippen LogP contribution < -0.4 is 0 Å².